The van der Waals surface area contributed by atoms with Gasteiger partial charge in [0.15, 0.2) is 3.79 Å². The molecule has 0 rings (SSSR count). The van der Waals surface area contributed by atoms with Crippen molar-refractivity contribution in [3.8, 4) is 0 Å². The van der Waals surface area contributed by atoms with Crippen molar-refractivity contribution in [1.82, 2.24) is 0 Å². The molecule has 0 fully saturated rings. The van der Waals surface area contributed by atoms with Crippen LogP contribution in [0.3, 0.4) is 0 Å². The third kappa shape index (κ3) is 6.83. The lowest BCUT2D eigenvalue weighted by atomic mass is 10.5. The monoisotopic (exact) mass is 162 g/mol. The number of halogens is 3. The fourth-order valence-corrected chi connectivity index (χ4v) is 0.380. The van der Waals surface area contributed by atoms with Crippen molar-refractivity contribution in [2.75, 3.05) is 6.61 Å². The van der Waals surface area contributed by atoms with Gasteiger partial charge in [0.05, 0.1) is 0 Å². The van der Waals surface area contributed by atoms with Crippen LogP contribution in [0.2, 0.25) is 0 Å². The molecular formula is C3H5Cl3O. The number of aliphatic hydroxyl groups is 1. The Kier molecular flexibility index (Phi) is 3.33. The maximum atomic E-state index is 8.15. The number of aliphatic hydroxyl groups excluding tert-OH is 1. The molecule has 0 aliphatic rings. The third-order valence-corrected chi connectivity index (χ3v) is 0.962. The van der Waals surface area contributed by atoms with Crippen molar-refractivity contribution in [3.05, 3.63) is 0 Å². The summed E-state index contributed by atoms with van der Waals surface area (Å²) < 4.78 is -1.28. The molecule has 0 aromatic rings. The predicted molar refractivity (Wildman–Crippen MR) is 32.0 cm³/mol. The van der Waals surface area contributed by atoms with Gasteiger partial charge >= 0.3 is 0 Å². The third-order valence-electron chi connectivity index (χ3n) is 0.395. The highest BCUT2D eigenvalue weighted by Crippen LogP contribution is 2.28. The predicted octanol–water partition coefficient (Wildman–Crippen LogP) is 1.74. The van der Waals surface area contributed by atoms with Crippen LogP contribution in [0.4, 0.5) is 0 Å². The van der Waals surface area contributed by atoms with E-state index in [1.54, 1.807) is 0 Å². The number of alkyl halides is 3. The zero-order valence-corrected chi connectivity index (χ0v) is 5.76. The lowest BCUT2D eigenvalue weighted by molar-refractivity contribution is 0.290. The van der Waals surface area contributed by atoms with E-state index in [0.29, 0.717) is 0 Å². The van der Waals surface area contributed by atoms with E-state index in [4.69, 9.17) is 39.9 Å². The summed E-state index contributed by atoms with van der Waals surface area (Å²) in [5.74, 6) is 0. The Morgan fingerprint density at radius 3 is 1.71 bits per heavy atom. The molecule has 0 aromatic carbocycles. The van der Waals surface area contributed by atoms with E-state index in [1.807, 2.05) is 0 Å². The molecule has 0 atom stereocenters. The van der Waals surface area contributed by atoms with Crippen molar-refractivity contribution >= 4 is 34.8 Å². The Morgan fingerprint density at radius 2 is 1.71 bits per heavy atom. The van der Waals surface area contributed by atoms with E-state index in [0.717, 1.165) is 0 Å². The summed E-state index contributed by atoms with van der Waals surface area (Å²) in [6, 6.07) is 0. The summed E-state index contributed by atoms with van der Waals surface area (Å²) in [6.07, 6.45) is 0.192. The molecule has 0 amide bonds. The van der Waals surface area contributed by atoms with Crippen molar-refractivity contribution in [2.24, 2.45) is 0 Å². The summed E-state index contributed by atoms with van der Waals surface area (Å²) in [5, 5.41) is 8.15. The summed E-state index contributed by atoms with van der Waals surface area (Å²) in [4.78, 5) is 0. The minimum atomic E-state index is -1.28. The average molecular weight is 163 g/mol. The van der Waals surface area contributed by atoms with Crippen molar-refractivity contribution in [3.63, 3.8) is 0 Å². The zero-order valence-electron chi connectivity index (χ0n) is 3.50. The second kappa shape index (κ2) is 2.98. The molecular weight excluding hydrogens is 158 g/mol. The van der Waals surface area contributed by atoms with Crippen LogP contribution in [0.25, 0.3) is 0 Å². The maximum Gasteiger partial charge on any atom is 0.192 e. The summed E-state index contributed by atoms with van der Waals surface area (Å²) in [6.45, 7) is -0.0868. The Balaban J connectivity index is 3.15. The molecule has 0 aliphatic heterocycles. The first-order chi connectivity index (χ1) is 3.06. The highest BCUT2D eigenvalue weighted by atomic mass is 35.6. The molecule has 0 spiro atoms. The van der Waals surface area contributed by atoms with E-state index in [2.05, 4.69) is 0 Å². The van der Waals surface area contributed by atoms with Crippen molar-refractivity contribution in [1.29, 1.82) is 0 Å². The molecule has 0 radical (unpaired) electrons. The molecule has 0 aromatic heterocycles. The van der Waals surface area contributed by atoms with Gasteiger partial charge in [0.1, 0.15) is 0 Å². The fraction of sp³-hybridized carbons (Fsp3) is 1.00. The maximum absolute atomic E-state index is 8.15. The van der Waals surface area contributed by atoms with Gasteiger partial charge in [-0.3, -0.25) is 0 Å². The van der Waals surface area contributed by atoms with Crippen molar-refractivity contribution in [2.45, 2.75) is 10.2 Å². The second-order valence-electron chi connectivity index (χ2n) is 1.09. The lowest BCUT2D eigenvalue weighted by Crippen LogP contribution is -2.03. The van der Waals surface area contributed by atoms with Crippen LogP contribution < -0.4 is 0 Å². The van der Waals surface area contributed by atoms with Gasteiger partial charge in [0.2, 0.25) is 0 Å². The first kappa shape index (κ1) is 7.83. The van der Waals surface area contributed by atoms with Crippen LogP contribution in [-0.2, 0) is 0 Å². The van der Waals surface area contributed by atoms with Crippen LogP contribution in [0.1, 0.15) is 6.42 Å². The highest BCUT2D eigenvalue weighted by molar-refractivity contribution is 6.67. The van der Waals surface area contributed by atoms with Crippen LogP contribution >= 0.6 is 34.8 Å². The molecule has 1 nitrogen and oxygen atoms in total. The Hall–Kier alpha value is 0.830. The summed E-state index contributed by atoms with van der Waals surface area (Å²) >= 11 is 15.6. The standard InChI is InChI=1S/C3H5Cl3O/c4-3(5,6)1-2-7/h7H,1-2H2. The van der Waals surface area contributed by atoms with Gasteiger partial charge in [-0.15, -0.1) is 0 Å². The highest BCUT2D eigenvalue weighted by Gasteiger charge is 2.17. The molecule has 0 saturated carbocycles. The smallest absolute Gasteiger partial charge is 0.192 e. The quantitative estimate of drug-likeness (QED) is 0.584. The van der Waals surface area contributed by atoms with E-state index in [1.165, 1.54) is 0 Å². The topological polar surface area (TPSA) is 20.2 Å². The normalized spacial score (nSPS) is 12.0. The number of hydrogen-bond donors (Lipinski definition) is 1. The number of hydrogen-bond acceptors (Lipinski definition) is 1. The molecule has 7 heavy (non-hydrogen) atoms. The molecule has 0 bridgehead atoms. The fourth-order valence-electron chi connectivity index (χ4n) is 0.127. The van der Waals surface area contributed by atoms with Gasteiger partial charge < -0.3 is 5.11 Å². The Morgan fingerprint density at radius 1 is 1.29 bits per heavy atom. The van der Waals surface area contributed by atoms with Crippen LogP contribution in [0.5, 0.6) is 0 Å². The van der Waals surface area contributed by atoms with Crippen LogP contribution in [0, 0.1) is 0 Å². The van der Waals surface area contributed by atoms with Gasteiger partial charge in [-0.05, 0) is 0 Å². The first-order valence-electron chi connectivity index (χ1n) is 1.74. The zero-order chi connectivity index (χ0) is 5.91. The van der Waals surface area contributed by atoms with Gasteiger partial charge in [-0.25, -0.2) is 0 Å². The molecule has 4 heteroatoms. The SMILES string of the molecule is OCCC(Cl)(Cl)Cl. The Bertz CT molecular complexity index is 48.6. The second-order valence-corrected chi connectivity index (χ2v) is 3.60. The van der Waals surface area contributed by atoms with Gasteiger partial charge in [0, 0.05) is 13.0 Å². The van der Waals surface area contributed by atoms with Gasteiger partial charge in [0.25, 0.3) is 0 Å². The molecule has 1 N–H and O–H groups in total. The van der Waals surface area contributed by atoms with Gasteiger partial charge in [-0.2, -0.15) is 0 Å². The van der Waals surface area contributed by atoms with E-state index >= 15 is 0 Å². The molecule has 44 valence electrons. The first-order valence-corrected chi connectivity index (χ1v) is 2.87. The van der Waals surface area contributed by atoms with E-state index in [9.17, 15) is 0 Å². The van der Waals surface area contributed by atoms with Gasteiger partial charge in [-0.1, -0.05) is 34.8 Å². The number of rotatable bonds is 1. The largest absolute Gasteiger partial charge is 0.396 e. The molecule has 0 aliphatic carbocycles. The molecule has 0 unspecified atom stereocenters. The molecule has 0 heterocycles. The summed E-state index contributed by atoms with van der Waals surface area (Å²) in [5.41, 5.74) is 0. The van der Waals surface area contributed by atoms with Crippen LogP contribution in [0.15, 0.2) is 0 Å². The van der Waals surface area contributed by atoms with E-state index < -0.39 is 3.79 Å². The molecule has 0 saturated heterocycles. The van der Waals surface area contributed by atoms with E-state index in [-0.39, 0.29) is 13.0 Å². The Labute approximate surface area is 57.2 Å². The minimum Gasteiger partial charge on any atom is -0.396 e. The minimum absolute atomic E-state index is 0.0868. The van der Waals surface area contributed by atoms with Crippen molar-refractivity contribution < 1.29 is 5.11 Å². The average Bonchev–Trinajstić information content (AvgIpc) is 1.30. The summed E-state index contributed by atoms with van der Waals surface area (Å²) in [7, 11) is 0. The van der Waals surface area contributed by atoms with Crippen LogP contribution in [-0.4, -0.2) is 15.5 Å². The lowest BCUT2D eigenvalue weighted by Gasteiger charge is -2.05.